The van der Waals surface area contributed by atoms with Crippen LogP contribution in [-0.2, 0) is 0 Å². The molecule has 0 aliphatic carbocycles. The van der Waals surface area contributed by atoms with E-state index in [-0.39, 0.29) is 23.1 Å². The number of phenolic OH excluding ortho intramolecular Hbond substituents is 1. The van der Waals surface area contributed by atoms with Crippen LogP contribution in [0.3, 0.4) is 0 Å². The van der Waals surface area contributed by atoms with Gasteiger partial charge in [-0.15, -0.1) is 0 Å². The van der Waals surface area contributed by atoms with Crippen molar-refractivity contribution < 1.29 is 15.1 Å². The molecule has 1 aromatic rings. The molecule has 0 aromatic heterocycles. The molecule has 6 heteroatoms. The molecule has 0 saturated carbocycles. The molecule has 0 bridgehead atoms. The van der Waals surface area contributed by atoms with Gasteiger partial charge in [0.1, 0.15) is 5.75 Å². The van der Waals surface area contributed by atoms with Gasteiger partial charge < -0.3 is 20.9 Å². The predicted molar refractivity (Wildman–Crippen MR) is 70.3 cm³/mol. The lowest BCUT2D eigenvalue weighted by Gasteiger charge is -2.24. The number of amides is 1. The number of carbonyl (C=O) groups excluding carboxylic acids is 1. The third-order valence-corrected chi connectivity index (χ3v) is 3.44. The molecule has 1 aliphatic rings. The number of nitrogens with two attached hydrogens (primary N) is 1. The lowest BCUT2D eigenvalue weighted by Crippen LogP contribution is -2.43. The van der Waals surface area contributed by atoms with Crippen LogP contribution in [0.25, 0.3) is 0 Å². The van der Waals surface area contributed by atoms with Crippen molar-refractivity contribution in [3.63, 3.8) is 0 Å². The molecule has 4 N–H and O–H groups in total. The van der Waals surface area contributed by atoms with Crippen molar-refractivity contribution in [2.75, 3.05) is 6.54 Å². The molecule has 1 aromatic carbocycles. The number of amidine groups is 1. The summed E-state index contributed by atoms with van der Waals surface area (Å²) in [5.41, 5.74) is 6.49. The number of phenols is 1. The van der Waals surface area contributed by atoms with Crippen LogP contribution in [0.15, 0.2) is 23.4 Å². The Labute approximate surface area is 111 Å². The van der Waals surface area contributed by atoms with Crippen molar-refractivity contribution >= 4 is 11.7 Å². The highest BCUT2D eigenvalue weighted by atomic mass is 16.4. The van der Waals surface area contributed by atoms with Crippen molar-refractivity contribution in [1.82, 2.24) is 4.90 Å². The highest BCUT2D eigenvalue weighted by Crippen LogP contribution is 2.26. The summed E-state index contributed by atoms with van der Waals surface area (Å²) >= 11 is 0. The minimum atomic E-state index is -0.405. The van der Waals surface area contributed by atoms with Gasteiger partial charge in [-0.1, -0.05) is 17.3 Å². The molecule has 19 heavy (non-hydrogen) atoms. The lowest BCUT2D eigenvalue weighted by molar-refractivity contribution is 0.0764. The van der Waals surface area contributed by atoms with Crippen LogP contribution >= 0.6 is 0 Å². The molecule has 1 saturated heterocycles. The molecule has 1 amide bonds. The summed E-state index contributed by atoms with van der Waals surface area (Å²) in [5.74, 6) is -0.286. The number of nitrogens with zero attached hydrogens (tertiary/aromatic N) is 2. The molecular formula is C13H17N3O3. The molecule has 1 atom stereocenters. The molecule has 0 radical (unpaired) electrons. The van der Waals surface area contributed by atoms with Crippen molar-refractivity contribution in [3.05, 3.63) is 29.3 Å². The first-order valence-electron chi connectivity index (χ1n) is 6.13. The standard InChI is InChI=1S/C13H17N3O3/c1-8-4-2-5-9(11(8)17)13(18)16-7-3-6-10(16)12(14)15-19/h2,4-5,10,17,19H,3,6-7H2,1H3,(H2,14,15). The number of rotatable bonds is 2. The number of carbonyl (C=O) groups is 1. The molecule has 0 spiro atoms. The monoisotopic (exact) mass is 263 g/mol. The number of oxime groups is 1. The topological polar surface area (TPSA) is 99.2 Å². The molecule has 1 heterocycles. The fourth-order valence-corrected chi connectivity index (χ4v) is 2.37. The summed E-state index contributed by atoms with van der Waals surface area (Å²) in [7, 11) is 0. The molecule has 1 fully saturated rings. The van der Waals surface area contributed by atoms with Gasteiger partial charge in [-0.3, -0.25) is 4.79 Å². The van der Waals surface area contributed by atoms with E-state index in [1.807, 2.05) is 0 Å². The SMILES string of the molecule is Cc1cccc(C(=O)N2CCCC2C(N)=NO)c1O. The zero-order valence-corrected chi connectivity index (χ0v) is 10.7. The maximum Gasteiger partial charge on any atom is 0.258 e. The summed E-state index contributed by atoms with van der Waals surface area (Å²) in [6.07, 6.45) is 1.45. The van der Waals surface area contributed by atoms with Crippen molar-refractivity contribution in [2.24, 2.45) is 10.9 Å². The summed E-state index contributed by atoms with van der Waals surface area (Å²) < 4.78 is 0. The Balaban J connectivity index is 2.31. The maximum atomic E-state index is 12.4. The number of benzene rings is 1. The minimum Gasteiger partial charge on any atom is -0.507 e. The fourth-order valence-electron chi connectivity index (χ4n) is 2.37. The summed E-state index contributed by atoms with van der Waals surface area (Å²) in [6, 6.07) is 4.62. The quantitative estimate of drug-likeness (QED) is 0.321. The second kappa shape index (κ2) is 5.17. The number of aryl methyl sites for hydroxylation is 1. The third-order valence-electron chi connectivity index (χ3n) is 3.44. The molecule has 1 aliphatic heterocycles. The van der Waals surface area contributed by atoms with E-state index in [2.05, 4.69) is 5.16 Å². The summed E-state index contributed by atoms with van der Waals surface area (Å²) in [6.45, 7) is 2.27. The van der Waals surface area contributed by atoms with E-state index in [0.29, 0.717) is 18.5 Å². The summed E-state index contributed by atoms with van der Waals surface area (Å²) in [5, 5.41) is 21.7. The van der Waals surface area contributed by atoms with Crippen molar-refractivity contribution in [1.29, 1.82) is 0 Å². The van der Waals surface area contributed by atoms with E-state index in [0.717, 1.165) is 6.42 Å². The van der Waals surface area contributed by atoms with E-state index >= 15 is 0 Å². The van der Waals surface area contributed by atoms with Crippen molar-refractivity contribution in [2.45, 2.75) is 25.8 Å². The second-order valence-electron chi connectivity index (χ2n) is 4.65. The lowest BCUT2D eigenvalue weighted by atomic mass is 10.1. The summed E-state index contributed by atoms with van der Waals surface area (Å²) in [4.78, 5) is 14.0. The van der Waals surface area contributed by atoms with Crippen LogP contribution in [0.5, 0.6) is 5.75 Å². The van der Waals surface area contributed by atoms with Gasteiger partial charge in [0.25, 0.3) is 5.91 Å². The van der Waals surface area contributed by atoms with Gasteiger partial charge >= 0.3 is 0 Å². The van der Waals surface area contributed by atoms with Gasteiger partial charge in [-0.25, -0.2) is 0 Å². The zero-order valence-electron chi connectivity index (χ0n) is 10.7. The van der Waals surface area contributed by atoms with Crippen LogP contribution in [0.1, 0.15) is 28.8 Å². The highest BCUT2D eigenvalue weighted by Gasteiger charge is 2.33. The Hall–Kier alpha value is -2.24. The molecular weight excluding hydrogens is 246 g/mol. The number of para-hydroxylation sites is 1. The van der Waals surface area contributed by atoms with E-state index in [1.54, 1.807) is 25.1 Å². The Morgan fingerprint density at radius 3 is 2.95 bits per heavy atom. The van der Waals surface area contributed by atoms with Crippen LogP contribution in [-0.4, -0.2) is 39.5 Å². The van der Waals surface area contributed by atoms with Crippen LogP contribution < -0.4 is 5.73 Å². The van der Waals surface area contributed by atoms with Gasteiger partial charge in [0, 0.05) is 6.54 Å². The minimum absolute atomic E-state index is 0.0161. The van der Waals surface area contributed by atoms with Gasteiger partial charge in [-0.2, -0.15) is 0 Å². The van der Waals surface area contributed by atoms with E-state index in [9.17, 15) is 9.90 Å². The molecule has 102 valence electrons. The van der Waals surface area contributed by atoms with Crippen LogP contribution in [0, 0.1) is 6.92 Å². The van der Waals surface area contributed by atoms with Crippen LogP contribution in [0.4, 0.5) is 0 Å². The van der Waals surface area contributed by atoms with Gasteiger partial charge in [0.2, 0.25) is 0 Å². The predicted octanol–water partition coefficient (Wildman–Crippen LogP) is 1.05. The molecule has 6 nitrogen and oxygen atoms in total. The zero-order chi connectivity index (χ0) is 14.0. The number of aromatic hydroxyl groups is 1. The molecule has 2 rings (SSSR count). The normalized spacial score (nSPS) is 19.7. The first kappa shape index (κ1) is 13.2. The number of hydrogen-bond acceptors (Lipinski definition) is 4. The Morgan fingerprint density at radius 2 is 2.26 bits per heavy atom. The average molecular weight is 263 g/mol. The third kappa shape index (κ3) is 2.33. The Bertz CT molecular complexity index is 528. The highest BCUT2D eigenvalue weighted by molar-refractivity contribution is 6.00. The average Bonchev–Trinajstić information content (AvgIpc) is 2.89. The smallest absolute Gasteiger partial charge is 0.258 e. The van der Waals surface area contributed by atoms with E-state index in [1.165, 1.54) is 4.90 Å². The molecule has 1 unspecified atom stereocenters. The first-order valence-corrected chi connectivity index (χ1v) is 6.13. The fraction of sp³-hybridized carbons (Fsp3) is 0.385. The van der Waals surface area contributed by atoms with Crippen LogP contribution in [0.2, 0.25) is 0 Å². The first-order chi connectivity index (χ1) is 9.06. The maximum absolute atomic E-state index is 12.4. The van der Waals surface area contributed by atoms with E-state index < -0.39 is 6.04 Å². The van der Waals surface area contributed by atoms with Crippen molar-refractivity contribution in [3.8, 4) is 5.75 Å². The second-order valence-corrected chi connectivity index (χ2v) is 4.65. The Morgan fingerprint density at radius 1 is 1.53 bits per heavy atom. The number of likely N-dealkylation sites (tertiary alicyclic amines) is 1. The Kier molecular flexibility index (Phi) is 3.59. The van der Waals surface area contributed by atoms with Gasteiger partial charge in [-0.05, 0) is 31.4 Å². The number of hydrogen-bond donors (Lipinski definition) is 3. The van der Waals surface area contributed by atoms with E-state index in [4.69, 9.17) is 10.9 Å². The van der Waals surface area contributed by atoms with Gasteiger partial charge in [0.15, 0.2) is 5.84 Å². The largest absolute Gasteiger partial charge is 0.507 e. The van der Waals surface area contributed by atoms with Gasteiger partial charge in [0.05, 0.1) is 11.6 Å².